The third kappa shape index (κ3) is 1.88. The molecule has 1 aromatic heterocycles. The van der Waals surface area contributed by atoms with E-state index >= 15 is 0 Å². The molecule has 1 aromatic rings. The third-order valence-electron chi connectivity index (χ3n) is 1.41. The lowest BCUT2D eigenvalue weighted by Crippen LogP contribution is -1.96. The van der Waals surface area contributed by atoms with Crippen molar-refractivity contribution in [2.45, 2.75) is 6.43 Å². The first-order chi connectivity index (χ1) is 6.07. The maximum absolute atomic E-state index is 12.4. The fourth-order valence-corrected chi connectivity index (χ4v) is 1.27. The summed E-state index contributed by atoms with van der Waals surface area (Å²) in [5, 5.41) is 9.07. The Morgan fingerprint density at radius 1 is 1.62 bits per heavy atom. The third-order valence-corrected chi connectivity index (χ3v) is 2.24. The maximum Gasteiger partial charge on any atom is 0.270 e. The smallest absolute Gasteiger partial charge is 0.270 e. The fraction of sp³-hybridized carbons (Fsp3) is 0.286. The number of alkyl halides is 2. The van der Waals surface area contributed by atoms with Gasteiger partial charge in [-0.1, -0.05) is 0 Å². The van der Waals surface area contributed by atoms with Crippen molar-refractivity contribution in [2.75, 3.05) is 7.11 Å². The first-order valence-corrected chi connectivity index (χ1v) is 4.06. The molecule has 0 aliphatic rings. The minimum atomic E-state index is -2.75. The van der Waals surface area contributed by atoms with Gasteiger partial charge in [-0.3, -0.25) is 0 Å². The van der Waals surface area contributed by atoms with E-state index in [4.69, 9.17) is 5.11 Å². The van der Waals surface area contributed by atoms with Crippen molar-refractivity contribution in [3.63, 3.8) is 0 Å². The van der Waals surface area contributed by atoms with Crippen LogP contribution in [0.15, 0.2) is 10.7 Å². The predicted molar refractivity (Wildman–Crippen MR) is 45.1 cm³/mol. The van der Waals surface area contributed by atoms with Gasteiger partial charge in [0.1, 0.15) is 5.75 Å². The molecule has 0 spiro atoms. The van der Waals surface area contributed by atoms with Crippen molar-refractivity contribution < 1.29 is 18.6 Å². The first-order valence-electron chi connectivity index (χ1n) is 3.27. The van der Waals surface area contributed by atoms with E-state index in [1.165, 1.54) is 7.11 Å². The number of rotatable bonds is 2. The molecule has 13 heavy (non-hydrogen) atoms. The zero-order chi connectivity index (χ0) is 10.0. The van der Waals surface area contributed by atoms with Crippen molar-refractivity contribution in [1.29, 1.82) is 0 Å². The summed E-state index contributed by atoms with van der Waals surface area (Å²) in [7, 11) is 1.23. The van der Waals surface area contributed by atoms with E-state index in [0.717, 1.165) is 6.20 Å². The second kappa shape index (κ2) is 3.87. The molecular formula is C7H6BrF2NO2. The monoisotopic (exact) mass is 253 g/mol. The molecule has 0 aromatic carbocycles. The van der Waals surface area contributed by atoms with Gasteiger partial charge in [0.15, 0.2) is 0 Å². The van der Waals surface area contributed by atoms with Crippen LogP contribution in [0.4, 0.5) is 8.78 Å². The molecule has 0 bridgehead atoms. The second-order valence-corrected chi connectivity index (χ2v) is 2.97. The first kappa shape index (κ1) is 10.2. The number of ether oxygens (including phenoxy) is 1. The highest BCUT2D eigenvalue weighted by molar-refractivity contribution is 9.10. The van der Waals surface area contributed by atoms with E-state index in [2.05, 4.69) is 25.7 Å². The summed E-state index contributed by atoms with van der Waals surface area (Å²) in [5.41, 5.74) is -0.442. The second-order valence-electron chi connectivity index (χ2n) is 2.18. The zero-order valence-corrected chi connectivity index (χ0v) is 8.18. The van der Waals surface area contributed by atoms with Crippen molar-refractivity contribution in [3.05, 3.63) is 16.2 Å². The topological polar surface area (TPSA) is 42.4 Å². The van der Waals surface area contributed by atoms with E-state index in [0.29, 0.717) is 0 Å². The van der Waals surface area contributed by atoms with Gasteiger partial charge in [-0.05, 0) is 15.9 Å². The van der Waals surface area contributed by atoms with Crippen LogP contribution < -0.4 is 4.74 Å². The van der Waals surface area contributed by atoms with Crippen LogP contribution in [-0.2, 0) is 0 Å². The highest BCUT2D eigenvalue weighted by Crippen LogP contribution is 2.38. The highest BCUT2D eigenvalue weighted by atomic mass is 79.9. The Balaban J connectivity index is 3.32. The molecule has 0 amide bonds. The van der Waals surface area contributed by atoms with E-state index in [1.54, 1.807) is 0 Å². The SMILES string of the molecule is COc1ncc(O)c(Br)c1C(F)F. The summed E-state index contributed by atoms with van der Waals surface area (Å²) >= 11 is 2.82. The fourth-order valence-electron chi connectivity index (χ4n) is 0.830. The number of methoxy groups -OCH3 is 1. The van der Waals surface area contributed by atoms with Gasteiger partial charge < -0.3 is 9.84 Å². The van der Waals surface area contributed by atoms with Gasteiger partial charge in [-0.25, -0.2) is 13.8 Å². The number of hydrogen-bond donors (Lipinski definition) is 1. The Hall–Kier alpha value is -0.910. The number of pyridine rings is 1. The van der Waals surface area contributed by atoms with Crippen molar-refractivity contribution in [1.82, 2.24) is 4.98 Å². The number of hydrogen-bond acceptors (Lipinski definition) is 3. The number of aromatic hydroxyl groups is 1. The summed E-state index contributed by atoms with van der Waals surface area (Å²) in [4.78, 5) is 3.50. The Morgan fingerprint density at radius 3 is 2.69 bits per heavy atom. The van der Waals surface area contributed by atoms with Crippen LogP contribution in [0, 0.1) is 0 Å². The minimum Gasteiger partial charge on any atom is -0.505 e. The average molecular weight is 254 g/mol. The van der Waals surface area contributed by atoms with Crippen LogP contribution in [0.25, 0.3) is 0 Å². The summed E-state index contributed by atoms with van der Waals surface area (Å²) in [6, 6.07) is 0. The van der Waals surface area contributed by atoms with Crippen LogP contribution >= 0.6 is 15.9 Å². The van der Waals surface area contributed by atoms with Crippen molar-refractivity contribution in [2.24, 2.45) is 0 Å². The Morgan fingerprint density at radius 2 is 2.23 bits per heavy atom. The van der Waals surface area contributed by atoms with Crippen LogP contribution in [0.2, 0.25) is 0 Å². The zero-order valence-electron chi connectivity index (χ0n) is 6.59. The molecule has 72 valence electrons. The molecule has 0 aliphatic carbocycles. The molecule has 0 unspecified atom stereocenters. The molecular weight excluding hydrogens is 248 g/mol. The summed E-state index contributed by atoms with van der Waals surface area (Å²) in [5.74, 6) is -0.532. The summed E-state index contributed by atoms with van der Waals surface area (Å²) < 4.78 is 29.3. The molecule has 1 heterocycles. The largest absolute Gasteiger partial charge is 0.505 e. The lowest BCUT2D eigenvalue weighted by atomic mass is 10.2. The Kier molecular flexibility index (Phi) is 3.02. The molecule has 1 N–H and O–H groups in total. The Labute approximate surface area is 81.5 Å². The molecule has 0 radical (unpaired) electrons. The highest BCUT2D eigenvalue weighted by Gasteiger charge is 2.21. The molecule has 3 nitrogen and oxygen atoms in total. The molecule has 0 saturated heterocycles. The van der Waals surface area contributed by atoms with Gasteiger partial charge in [0, 0.05) is 0 Å². The lowest BCUT2D eigenvalue weighted by Gasteiger charge is -2.08. The predicted octanol–water partition coefficient (Wildman–Crippen LogP) is 2.50. The van der Waals surface area contributed by atoms with Crippen LogP contribution in [-0.4, -0.2) is 17.2 Å². The van der Waals surface area contributed by atoms with Crippen LogP contribution in [0.5, 0.6) is 11.6 Å². The molecule has 0 atom stereocenters. The van der Waals surface area contributed by atoms with Crippen LogP contribution in [0.3, 0.4) is 0 Å². The lowest BCUT2D eigenvalue weighted by molar-refractivity contribution is 0.144. The normalized spacial score (nSPS) is 10.5. The van der Waals surface area contributed by atoms with Gasteiger partial charge >= 0.3 is 0 Å². The van der Waals surface area contributed by atoms with E-state index in [9.17, 15) is 8.78 Å². The average Bonchev–Trinajstić information content (AvgIpc) is 2.08. The number of nitrogens with zero attached hydrogens (tertiary/aromatic N) is 1. The molecule has 0 saturated carbocycles. The minimum absolute atomic E-state index is 0.0886. The number of halogens is 3. The standard InChI is InChI=1S/C7H6BrF2NO2/c1-13-7-4(6(9)10)5(8)3(12)2-11-7/h2,6,12H,1H3. The van der Waals surface area contributed by atoms with E-state index in [-0.39, 0.29) is 16.1 Å². The van der Waals surface area contributed by atoms with Crippen molar-refractivity contribution >= 4 is 15.9 Å². The van der Waals surface area contributed by atoms with E-state index in [1.807, 2.05) is 0 Å². The molecule has 0 fully saturated rings. The van der Waals surface area contributed by atoms with Gasteiger partial charge in [0.25, 0.3) is 6.43 Å². The molecule has 0 aliphatic heterocycles. The van der Waals surface area contributed by atoms with Gasteiger partial charge in [-0.15, -0.1) is 0 Å². The van der Waals surface area contributed by atoms with Gasteiger partial charge in [0.2, 0.25) is 5.88 Å². The maximum atomic E-state index is 12.4. The summed E-state index contributed by atoms with van der Waals surface area (Å²) in [6.45, 7) is 0. The van der Waals surface area contributed by atoms with Gasteiger partial charge in [-0.2, -0.15) is 0 Å². The van der Waals surface area contributed by atoms with Crippen LogP contribution in [0.1, 0.15) is 12.0 Å². The Bertz CT molecular complexity index is 320. The molecule has 6 heteroatoms. The van der Waals surface area contributed by atoms with Crippen molar-refractivity contribution in [3.8, 4) is 11.6 Å². The molecule has 1 rings (SSSR count). The summed E-state index contributed by atoms with van der Waals surface area (Å²) in [6.07, 6.45) is -1.71. The quantitative estimate of drug-likeness (QED) is 0.881. The van der Waals surface area contributed by atoms with Gasteiger partial charge in [0.05, 0.1) is 23.3 Å². The number of aromatic nitrogens is 1. The van der Waals surface area contributed by atoms with E-state index < -0.39 is 12.0 Å².